The molecule has 1 rings (SSSR count). The van der Waals surface area contributed by atoms with Gasteiger partial charge in [0.05, 0.1) is 5.92 Å². The average molecular weight is 319 g/mol. The van der Waals surface area contributed by atoms with Crippen LogP contribution in [0.1, 0.15) is 64.2 Å². The maximum Gasteiger partial charge on any atom is 0.311 e. The molecule has 0 aliphatic heterocycles. The first kappa shape index (κ1) is 19.2. The van der Waals surface area contributed by atoms with Gasteiger partial charge < -0.3 is 10.1 Å². The summed E-state index contributed by atoms with van der Waals surface area (Å²) >= 11 is 0. The molecule has 0 aliphatic rings. The van der Waals surface area contributed by atoms with Gasteiger partial charge in [0.25, 0.3) is 5.91 Å². The van der Waals surface area contributed by atoms with Gasteiger partial charge in [0.1, 0.15) is 5.60 Å². The lowest BCUT2D eigenvalue weighted by Crippen LogP contribution is -2.45. The minimum Gasteiger partial charge on any atom is -0.460 e. The zero-order valence-electron chi connectivity index (χ0n) is 14.9. The predicted octanol–water partition coefficient (Wildman–Crippen LogP) is 3.95. The molecular weight excluding hydrogens is 290 g/mol. The predicted molar refractivity (Wildman–Crippen MR) is 92.2 cm³/mol. The minimum atomic E-state index is -0.523. The summed E-state index contributed by atoms with van der Waals surface area (Å²) in [5.74, 6) is -0.722. The van der Waals surface area contributed by atoms with Crippen LogP contribution >= 0.6 is 0 Å². The fourth-order valence-corrected chi connectivity index (χ4v) is 2.52. The molecular formula is C19H29NO3. The van der Waals surface area contributed by atoms with Crippen LogP contribution in [0.3, 0.4) is 0 Å². The van der Waals surface area contributed by atoms with Crippen molar-refractivity contribution >= 4 is 11.9 Å². The first-order valence-corrected chi connectivity index (χ1v) is 8.37. The van der Waals surface area contributed by atoms with Crippen LogP contribution in [0.25, 0.3) is 0 Å². The van der Waals surface area contributed by atoms with E-state index in [1.165, 1.54) is 0 Å². The second-order valence-electron chi connectivity index (χ2n) is 6.78. The second-order valence-corrected chi connectivity index (χ2v) is 6.78. The first-order chi connectivity index (χ1) is 10.8. The number of carbonyl (C=O) groups excluding carboxylic acids is 2. The molecule has 23 heavy (non-hydrogen) atoms. The Labute approximate surface area is 139 Å². The molecule has 1 amide bonds. The lowest BCUT2D eigenvalue weighted by atomic mass is 9.92. The number of carbonyl (C=O) groups is 2. The van der Waals surface area contributed by atoms with Crippen LogP contribution in [0.5, 0.6) is 0 Å². The fraction of sp³-hybridized carbons (Fsp3) is 0.579. The van der Waals surface area contributed by atoms with E-state index >= 15 is 0 Å². The summed E-state index contributed by atoms with van der Waals surface area (Å²) in [5, 5.41) is 3.01. The number of nitrogens with one attached hydrogen (secondary N) is 1. The Kier molecular flexibility index (Phi) is 7.27. The van der Waals surface area contributed by atoms with Crippen LogP contribution in [0, 0.1) is 5.92 Å². The van der Waals surface area contributed by atoms with Crippen molar-refractivity contribution < 1.29 is 14.3 Å². The van der Waals surface area contributed by atoms with Crippen molar-refractivity contribution in [1.29, 1.82) is 0 Å². The number of esters is 1. The normalized spacial score (nSPS) is 14.0. The van der Waals surface area contributed by atoms with Gasteiger partial charge in [-0.2, -0.15) is 0 Å². The molecule has 2 atom stereocenters. The van der Waals surface area contributed by atoms with E-state index in [-0.39, 0.29) is 23.8 Å². The quantitative estimate of drug-likeness (QED) is 0.774. The lowest BCUT2D eigenvalue weighted by molar-refractivity contribution is -0.161. The van der Waals surface area contributed by atoms with Gasteiger partial charge in [-0.1, -0.05) is 38.5 Å². The van der Waals surface area contributed by atoms with E-state index in [0.29, 0.717) is 12.0 Å². The molecule has 0 heterocycles. The molecule has 0 bridgehead atoms. The van der Waals surface area contributed by atoms with E-state index in [2.05, 4.69) is 5.32 Å². The zero-order chi connectivity index (χ0) is 17.5. The lowest BCUT2D eigenvalue weighted by Gasteiger charge is -2.29. The molecule has 1 N–H and O–H groups in total. The summed E-state index contributed by atoms with van der Waals surface area (Å²) in [7, 11) is 0. The van der Waals surface area contributed by atoms with Gasteiger partial charge >= 0.3 is 5.97 Å². The Morgan fingerprint density at radius 1 is 1.13 bits per heavy atom. The second kappa shape index (κ2) is 8.70. The zero-order valence-corrected chi connectivity index (χ0v) is 14.9. The van der Waals surface area contributed by atoms with Crippen LogP contribution in [-0.4, -0.2) is 23.5 Å². The monoisotopic (exact) mass is 319 g/mol. The highest BCUT2D eigenvalue weighted by Gasteiger charge is 2.31. The van der Waals surface area contributed by atoms with Gasteiger partial charge in [-0.3, -0.25) is 9.59 Å². The molecule has 0 fully saturated rings. The van der Waals surface area contributed by atoms with Crippen molar-refractivity contribution in [2.45, 2.75) is 65.5 Å². The van der Waals surface area contributed by atoms with Gasteiger partial charge in [0.2, 0.25) is 0 Å². The number of amides is 1. The van der Waals surface area contributed by atoms with E-state index in [0.717, 1.165) is 12.8 Å². The van der Waals surface area contributed by atoms with Crippen molar-refractivity contribution in [3.8, 4) is 0 Å². The molecule has 128 valence electrons. The highest BCUT2D eigenvalue weighted by Crippen LogP contribution is 2.20. The molecule has 0 radical (unpaired) electrons. The largest absolute Gasteiger partial charge is 0.460 e. The van der Waals surface area contributed by atoms with Crippen molar-refractivity contribution in [2.75, 3.05) is 0 Å². The number of ether oxygens (including phenoxy) is 1. The summed E-state index contributed by atoms with van der Waals surface area (Å²) in [6, 6.07) is 8.85. The van der Waals surface area contributed by atoms with Crippen molar-refractivity contribution in [2.24, 2.45) is 5.92 Å². The maximum atomic E-state index is 12.5. The van der Waals surface area contributed by atoms with Gasteiger partial charge in [-0.05, 0) is 45.7 Å². The van der Waals surface area contributed by atoms with Crippen molar-refractivity contribution in [3.05, 3.63) is 35.9 Å². The third-order valence-corrected chi connectivity index (χ3v) is 3.59. The standard InChI is InChI=1S/C19H29NO3/c1-6-11-16(15(7-2)18(22)23-19(3,4)5)20-17(21)14-12-9-8-10-13-14/h8-10,12-13,15-16H,6-7,11H2,1-5H3,(H,20,21)/t15-,16-/m1/s1. The molecule has 1 aromatic rings. The molecule has 0 unspecified atom stereocenters. The van der Waals surface area contributed by atoms with E-state index < -0.39 is 5.60 Å². The Hall–Kier alpha value is -1.84. The molecule has 4 heteroatoms. The minimum absolute atomic E-state index is 0.147. The van der Waals surface area contributed by atoms with E-state index in [1.807, 2.05) is 52.8 Å². The topological polar surface area (TPSA) is 55.4 Å². The highest BCUT2D eigenvalue weighted by molar-refractivity contribution is 5.94. The van der Waals surface area contributed by atoms with Gasteiger partial charge in [0, 0.05) is 11.6 Å². The van der Waals surface area contributed by atoms with Crippen LogP contribution < -0.4 is 5.32 Å². The summed E-state index contributed by atoms with van der Waals surface area (Å²) in [6.45, 7) is 9.56. The Balaban J connectivity index is 2.86. The molecule has 0 aliphatic carbocycles. The van der Waals surface area contributed by atoms with Crippen molar-refractivity contribution in [1.82, 2.24) is 5.32 Å². The first-order valence-electron chi connectivity index (χ1n) is 8.37. The maximum absolute atomic E-state index is 12.5. The smallest absolute Gasteiger partial charge is 0.311 e. The third kappa shape index (κ3) is 6.43. The Morgan fingerprint density at radius 3 is 2.22 bits per heavy atom. The molecule has 0 saturated carbocycles. The molecule has 0 aromatic heterocycles. The molecule has 0 spiro atoms. The summed E-state index contributed by atoms with van der Waals surface area (Å²) in [5.41, 5.74) is 0.0812. The average Bonchev–Trinajstić information content (AvgIpc) is 2.47. The summed E-state index contributed by atoms with van der Waals surface area (Å²) in [6.07, 6.45) is 2.27. The summed E-state index contributed by atoms with van der Waals surface area (Å²) < 4.78 is 5.52. The van der Waals surface area contributed by atoms with Crippen LogP contribution in [0.4, 0.5) is 0 Å². The van der Waals surface area contributed by atoms with Crippen LogP contribution in [-0.2, 0) is 9.53 Å². The Morgan fingerprint density at radius 2 is 1.74 bits per heavy atom. The highest BCUT2D eigenvalue weighted by atomic mass is 16.6. The number of rotatable bonds is 7. The van der Waals surface area contributed by atoms with Gasteiger partial charge in [0.15, 0.2) is 0 Å². The summed E-state index contributed by atoms with van der Waals surface area (Å²) in [4.78, 5) is 24.8. The van der Waals surface area contributed by atoms with Crippen LogP contribution in [0.15, 0.2) is 30.3 Å². The number of hydrogen-bond donors (Lipinski definition) is 1. The van der Waals surface area contributed by atoms with Crippen LogP contribution in [0.2, 0.25) is 0 Å². The van der Waals surface area contributed by atoms with Crippen molar-refractivity contribution in [3.63, 3.8) is 0 Å². The molecule has 0 saturated heterocycles. The van der Waals surface area contributed by atoms with Gasteiger partial charge in [-0.25, -0.2) is 0 Å². The van der Waals surface area contributed by atoms with Gasteiger partial charge in [-0.15, -0.1) is 0 Å². The Bertz CT molecular complexity index is 505. The van der Waals surface area contributed by atoms with E-state index in [1.54, 1.807) is 12.1 Å². The fourth-order valence-electron chi connectivity index (χ4n) is 2.52. The SMILES string of the molecule is CCC[C@@H](NC(=O)c1ccccc1)[C@@H](CC)C(=O)OC(C)(C)C. The number of hydrogen-bond acceptors (Lipinski definition) is 3. The molecule has 4 nitrogen and oxygen atoms in total. The van der Waals surface area contributed by atoms with E-state index in [4.69, 9.17) is 4.74 Å². The third-order valence-electron chi connectivity index (χ3n) is 3.59. The molecule has 1 aromatic carbocycles. The van der Waals surface area contributed by atoms with E-state index in [9.17, 15) is 9.59 Å². The number of benzene rings is 1.